The minimum absolute atomic E-state index is 0.0363. The number of rotatable bonds is 9. The van der Waals surface area contributed by atoms with Crippen molar-refractivity contribution in [2.24, 2.45) is 0 Å². The molecule has 242 valence electrons. The molecule has 0 aliphatic heterocycles. The number of aryl methyl sites for hydroxylation is 1. The van der Waals surface area contributed by atoms with Gasteiger partial charge in [0.15, 0.2) is 11.6 Å². The smallest absolute Gasteiger partial charge is 0.429 e. The van der Waals surface area contributed by atoms with Crippen molar-refractivity contribution in [3.63, 3.8) is 0 Å². The maximum absolute atomic E-state index is 14.9. The van der Waals surface area contributed by atoms with E-state index in [1.165, 1.54) is 12.1 Å². The lowest BCUT2D eigenvalue weighted by Gasteiger charge is -2.19. The number of halogens is 11. The zero-order valence-electron chi connectivity index (χ0n) is 23.6. The van der Waals surface area contributed by atoms with Crippen molar-refractivity contribution < 1.29 is 57.8 Å². The SMILES string of the molecule is CCCCCc1ccc(-c2ccc(C(F)(F)Oc3cc(F)c(C#Cc4cc(F)c(OC(F)(F)F)c(F)c4)c(F)c3)c(F)c2)c(F)c1. The lowest BCUT2D eigenvalue weighted by molar-refractivity contribution is -0.276. The van der Waals surface area contributed by atoms with Crippen molar-refractivity contribution in [2.45, 2.75) is 45.1 Å². The molecule has 0 aromatic heterocycles. The summed E-state index contributed by atoms with van der Waals surface area (Å²) in [6.45, 7) is 2.02. The van der Waals surface area contributed by atoms with Crippen LogP contribution in [0.3, 0.4) is 0 Å². The van der Waals surface area contributed by atoms with Crippen LogP contribution < -0.4 is 9.47 Å². The highest BCUT2D eigenvalue weighted by atomic mass is 19.4. The molecule has 0 radical (unpaired) electrons. The van der Waals surface area contributed by atoms with Crippen LogP contribution in [0.2, 0.25) is 0 Å². The first-order chi connectivity index (χ1) is 21.6. The Labute approximate surface area is 255 Å². The zero-order chi connectivity index (χ0) is 33.8. The van der Waals surface area contributed by atoms with E-state index in [4.69, 9.17) is 0 Å². The van der Waals surface area contributed by atoms with Crippen molar-refractivity contribution in [1.29, 1.82) is 0 Å². The van der Waals surface area contributed by atoms with Crippen LogP contribution in [0.1, 0.15) is 48.4 Å². The molecule has 0 aliphatic rings. The van der Waals surface area contributed by atoms with Gasteiger partial charge in [0.05, 0.1) is 11.1 Å². The van der Waals surface area contributed by atoms with Crippen LogP contribution in [0.25, 0.3) is 11.1 Å². The number of alkyl halides is 5. The van der Waals surface area contributed by atoms with Gasteiger partial charge in [0.25, 0.3) is 0 Å². The van der Waals surface area contributed by atoms with Gasteiger partial charge in [-0.1, -0.05) is 49.8 Å². The summed E-state index contributed by atoms with van der Waals surface area (Å²) in [6, 6.07) is 7.84. The van der Waals surface area contributed by atoms with Crippen molar-refractivity contribution in [3.8, 4) is 34.5 Å². The number of benzene rings is 4. The Bertz CT molecular complexity index is 1760. The lowest BCUT2D eigenvalue weighted by atomic mass is 9.99. The highest BCUT2D eigenvalue weighted by Crippen LogP contribution is 2.36. The standard InChI is InChI=1S/C33H21F11O2/c1-2-3-4-5-18-6-9-22(25(34)12-18)20-8-11-24(28(37)15-20)32(40,41)45-21-16-26(35)23(27(36)17-21)10-7-19-13-29(38)31(30(39)14-19)46-33(42,43)44/h6,8-9,11-17H,2-5H2,1H3. The van der Waals surface area contributed by atoms with Crippen molar-refractivity contribution >= 4 is 0 Å². The highest BCUT2D eigenvalue weighted by molar-refractivity contribution is 5.65. The fourth-order valence-corrected chi connectivity index (χ4v) is 4.36. The van der Waals surface area contributed by atoms with Crippen LogP contribution in [0.4, 0.5) is 48.3 Å². The second-order valence-electron chi connectivity index (χ2n) is 9.91. The molecule has 4 rings (SSSR count). The Balaban J connectivity index is 1.53. The highest BCUT2D eigenvalue weighted by Gasteiger charge is 2.38. The first-order valence-corrected chi connectivity index (χ1v) is 13.5. The third-order valence-corrected chi connectivity index (χ3v) is 6.51. The molecule has 2 nitrogen and oxygen atoms in total. The molecule has 4 aromatic rings. The minimum Gasteiger partial charge on any atom is -0.429 e. The van der Waals surface area contributed by atoms with Crippen LogP contribution in [-0.4, -0.2) is 6.36 Å². The second-order valence-corrected chi connectivity index (χ2v) is 9.91. The number of ether oxygens (including phenoxy) is 2. The fraction of sp³-hybridized carbons (Fsp3) is 0.212. The summed E-state index contributed by atoms with van der Waals surface area (Å²) in [7, 11) is 0. The van der Waals surface area contributed by atoms with E-state index in [9.17, 15) is 48.3 Å². The van der Waals surface area contributed by atoms with Gasteiger partial charge in [0.2, 0.25) is 5.75 Å². The Hall–Kier alpha value is -4.73. The molecular weight excluding hydrogens is 637 g/mol. The van der Waals surface area contributed by atoms with E-state index in [1.54, 1.807) is 6.07 Å². The molecule has 0 spiro atoms. The molecule has 46 heavy (non-hydrogen) atoms. The van der Waals surface area contributed by atoms with Gasteiger partial charge in [-0.15, -0.1) is 13.2 Å². The topological polar surface area (TPSA) is 18.5 Å². The maximum atomic E-state index is 14.9. The Morgan fingerprint density at radius 2 is 1.28 bits per heavy atom. The van der Waals surface area contributed by atoms with E-state index in [-0.39, 0.29) is 23.3 Å². The first-order valence-electron chi connectivity index (χ1n) is 13.5. The molecule has 0 heterocycles. The molecule has 0 amide bonds. The minimum atomic E-state index is -5.41. The Morgan fingerprint density at radius 1 is 0.630 bits per heavy atom. The predicted molar refractivity (Wildman–Crippen MR) is 145 cm³/mol. The molecule has 0 atom stereocenters. The molecule has 0 N–H and O–H groups in total. The Morgan fingerprint density at radius 3 is 1.85 bits per heavy atom. The second kappa shape index (κ2) is 13.7. The van der Waals surface area contributed by atoms with E-state index >= 15 is 0 Å². The van der Waals surface area contributed by atoms with Gasteiger partial charge in [-0.3, -0.25) is 0 Å². The van der Waals surface area contributed by atoms with Gasteiger partial charge in [-0.05, 0) is 54.3 Å². The van der Waals surface area contributed by atoms with Gasteiger partial charge < -0.3 is 9.47 Å². The van der Waals surface area contributed by atoms with Crippen LogP contribution in [0.15, 0.2) is 60.7 Å². The summed E-state index contributed by atoms with van der Waals surface area (Å²) in [5, 5.41) is 0. The number of hydrogen-bond acceptors (Lipinski definition) is 2. The normalized spacial score (nSPS) is 11.7. The summed E-state index contributed by atoms with van der Waals surface area (Å²) in [5.41, 5.74) is -2.39. The van der Waals surface area contributed by atoms with Gasteiger partial charge in [0.1, 0.15) is 29.0 Å². The van der Waals surface area contributed by atoms with Gasteiger partial charge in [0, 0.05) is 23.3 Å². The van der Waals surface area contributed by atoms with Gasteiger partial charge in [-0.2, -0.15) is 8.78 Å². The monoisotopic (exact) mass is 658 g/mol. The van der Waals surface area contributed by atoms with Crippen molar-refractivity contribution in [1.82, 2.24) is 0 Å². The lowest BCUT2D eigenvalue weighted by Crippen LogP contribution is -2.23. The molecule has 0 unspecified atom stereocenters. The quantitative estimate of drug-likeness (QED) is 0.101. The summed E-state index contributed by atoms with van der Waals surface area (Å²) >= 11 is 0. The van der Waals surface area contributed by atoms with Crippen LogP contribution in [0.5, 0.6) is 11.5 Å². The first kappa shape index (κ1) is 34.1. The van der Waals surface area contributed by atoms with Crippen molar-refractivity contribution in [2.75, 3.05) is 0 Å². The molecule has 0 saturated heterocycles. The van der Waals surface area contributed by atoms with E-state index in [2.05, 4.69) is 9.47 Å². The van der Waals surface area contributed by atoms with Crippen LogP contribution in [0, 0.1) is 46.7 Å². The van der Waals surface area contributed by atoms with Crippen LogP contribution >= 0.6 is 0 Å². The van der Waals surface area contributed by atoms with E-state index in [0.29, 0.717) is 30.7 Å². The molecule has 13 heteroatoms. The van der Waals surface area contributed by atoms with Crippen molar-refractivity contribution in [3.05, 3.63) is 118 Å². The van der Waals surface area contributed by atoms with Crippen LogP contribution in [-0.2, 0) is 12.5 Å². The van der Waals surface area contributed by atoms with E-state index in [1.807, 2.05) is 18.8 Å². The summed E-state index contributed by atoms with van der Waals surface area (Å²) < 4.78 is 161. The predicted octanol–water partition coefficient (Wildman–Crippen LogP) is 10.3. The largest absolute Gasteiger partial charge is 0.573 e. The van der Waals surface area contributed by atoms with E-state index < -0.39 is 75.6 Å². The van der Waals surface area contributed by atoms with Gasteiger partial charge >= 0.3 is 12.5 Å². The molecule has 0 aliphatic carbocycles. The average molecular weight is 659 g/mol. The molecule has 0 bridgehead atoms. The summed E-state index contributed by atoms with van der Waals surface area (Å²) in [5.74, 6) is -8.00. The third-order valence-electron chi connectivity index (χ3n) is 6.51. The Kier molecular flexibility index (Phi) is 10.2. The molecule has 4 aromatic carbocycles. The summed E-state index contributed by atoms with van der Waals surface area (Å²) in [6.07, 6.45) is -6.46. The maximum Gasteiger partial charge on any atom is 0.573 e. The number of hydrogen-bond donors (Lipinski definition) is 0. The molecule has 0 saturated carbocycles. The third kappa shape index (κ3) is 8.29. The van der Waals surface area contributed by atoms with E-state index in [0.717, 1.165) is 30.9 Å². The number of unbranched alkanes of at least 4 members (excludes halogenated alkanes) is 2. The fourth-order valence-electron chi connectivity index (χ4n) is 4.36. The molecule has 0 fully saturated rings. The summed E-state index contributed by atoms with van der Waals surface area (Å²) in [4.78, 5) is 0. The molecular formula is C33H21F11O2. The zero-order valence-corrected chi connectivity index (χ0v) is 23.6. The average Bonchev–Trinajstić information content (AvgIpc) is 2.94. The van der Waals surface area contributed by atoms with Gasteiger partial charge in [-0.25, -0.2) is 26.3 Å².